The van der Waals surface area contributed by atoms with Crippen molar-refractivity contribution in [3.05, 3.63) is 59.7 Å². The highest BCUT2D eigenvalue weighted by Gasteiger charge is 2.25. The Hall–Kier alpha value is -1.56. The van der Waals surface area contributed by atoms with Gasteiger partial charge in [0, 0.05) is 0 Å². The van der Waals surface area contributed by atoms with E-state index in [1.54, 1.807) is 11.1 Å². The highest BCUT2D eigenvalue weighted by atomic mass is 14.3. The normalized spacial score (nSPS) is 24.8. The molecule has 4 rings (SSSR count). The van der Waals surface area contributed by atoms with Gasteiger partial charge in [0.2, 0.25) is 0 Å². The van der Waals surface area contributed by atoms with Crippen LogP contribution in [0.15, 0.2) is 48.5 Å². The Morgan fingerprint density at radius 3 is 1.53 bits per heavy atom. The van der Waals surface area contributed by atoms with Gasteiger partial charge in [-0.2, -0.15) is 0 Å². The quantitative estimate of drug-likeness (QED) is 0.220. The lowest BCUT2D eigenvalue weighted by atomic mass is 9.74. The van der Waals surface area contributed by atoms with Crippen molar-refractivity contribution in [3.8, 4) is 11.1 Å². The van der Waals surface area contributed by atoms with Gasteiger partial charge in [-0.25, -0.2) is 0 Å². The van der Waals surface area contributed by atoms with Gasteiger partial charge < -0.3 is 0 Å². The molecule has 0 aromatic heterocycles. The Morgan fingerprint density at radius 2 is 1.05 bits per heavy atom. The molecule has 2 saturated carbocycles. The number of hydrogen-bond acceptors (Lipinski definition) is 0. The maximum absolute atomic E-state index is 2.44. The summed E-state index contributed by atoms with van der Waals surface area (Å²) < 4.78 is 0. The van der Waals surface area contributed by atoms with Crippen molar-refractivity contribution in [2.75, 3.05) is 0 Å². The van der Waals surface area contributed by atoms with Crippen molar-refractivity contribution >= 4 is 0 Å². The average Bonchev–Trinajstić information content (AvgIpc) is 2.98. The maximum Gasteiger partial charge on any atom is -0.0162 e. The fraction of sp³-hybridized carbons (Fsp3) is 0.684. The van der Waals surface area contributed by atoms with E-state index in [2.05, 4.69) is 69.3 Å². The van der Waals surface area contributed by atoms with Gasteiger partial charge in [0.25, 0.3) is 0 Å². The summed E-state index contributed by atoms with van der Waals surface area (Å²) in [6.07, 6.45) is 25.6. The summed E-state index contributed by atoms with van der Waals surface area (Å²) >= 11 is 0. The molecule has 0 saturated heterocycles. The van der Waals surface area contributed by atoms with Crippen molar-refractivity contribution in [1.29, 1.82) is 0 Å². The van der Waals surface area contributed by atoms with Gasteiger partial charge in [-0.3, -0.25) is 0 Å². The average molecular weight is 515 g/mol. The standard InChI is InChI=1S/C38H58/c1-4-7-9-10-12-31-13-17-33(18-14-31)35-21-25-37(26-22-35)38-27-23-36(24-28-38)34-19-15-32(16-20-34)29-30(6-3)11-8-5-2/h21-28,30-34H,4-20,29H2,1-3H3. The topological polar surface area (TPSA) is 0 Å². The summed E-state index contributed by atoms with van der Waals surface area (Å²) in [6.45, 7) is 7.05. The molecule has 0 radical (unpaired) electrons. The van der Waals surface area contributed by atoms with Crippen LogP contribution < -0.4 is 0 Å². The van der Waals surface area contributed by atoms with Crippen LogP contribution in [0.25, 0.3) is 11.1 Å². The van der Waals surface area contributed by atoms with Crippen molar-refractivity contribution in [2.45, 2.75) is 148 Å². The lowest BCUT2D eigenvalue weighted by Gasteiger charge is -2.31. The first-order chi connectivity index (χ1) is 18.7. The summed E-state index contributed by atoms with van der Waals surface area (Å²) in [5, 5.41) is 0. The Bertz CT molecular complexity index is 875. The minimum Gasteiger partial charge on any atom is -0.0654 e. The molecule has 0 nitrogen and oxygen atoms in total. The Morgan fingerprint density at radius 1 is 0.553 bits per heavy atom. The highest BCUT2D eigenvalue weighted by Crippen LogP contribution is 2.41. The fourth-order valence-corrected chi connectivity index (χ4v) is 7.72. The van der Waals surface area contributed by atoms with Gasteiger partial charge in [-0.15, -0.1) is 0 Å². The van der Waals surface area contributed by atoms with E-state index in [0.717, 1.165) is 29.6 Å². The predicted molar refractivity (Wildman–Crippen MR) is 168 cm³/mol. The summed E-state index contributed by atoms with van der Waals surface area (Å²) in [6, 6.07) is 19.3. The lowest BCUT2D eigenvalue weighted by molar-refractivity contribution is 0.256. The van der Waals surface area contributed by atoms with Gasteiger partial charge in [0.15, 0.2) is 0 Å². The summed E-state index contributed by atoms with van der Waals surface area (Å²) in [5.74, 6) is 4.51. The molecule has 0 N–H and O–H groups in total. The van der Waals surface area contributed by atoms with Crippen LogP contribution in [0.4, 0.5) is 0 Å². The molecule has 1 unspecified atom stereocenters. The molecule has 1 atom stereocenters. The second-order valence-corrected chi connectivity index (χ2v) is 13.2. The molecule has 2 aliphatic rings. The van der Waals surface area contributed by atoms with Gasteiger partial charge in [0.1, 0.15) is 0 Å². The van der Waals surface area contributed by atoms with Gasteiger partial charge >= 0.3 is 0 Å². The minimum atomic E-state index is 0.778. The predicted octanol–water partition coefficient (Wildman–Crippen LogP) is 12.5. The van der Waals surface area contributed by atoms with Crippen LogP contribution in [-0.2, 0) is 0 Å². The Labute approximate surface area is 236 Å². The molecule has 38 heavy (non-hydrogen) atoms. The lowest BCUT2D eigenvalue weighted by Crippen LogP contribution is -2.16. The largest absolute Gasteiger partial charge is 0.0654 e. The van der Waals surface area contributed by atoms with Crippen molar-refractivity contribution in [3.63, 3.8) is 0 Å². The first-order valence-corrected chi connectivity index (χ1v) is 16.9. The molecule has 0 heteroatoms. The van der Waals surface area contributed by atoms with Crippen LogP contribution in [0, 0.1) is 17.8 Å². The molecule has 2 fully saturated rings. The second kappa shape index (κ2) is 15.9. The monoisotopic (exact) mass is 514 g/mol. The fourth-order valence-electron chi connectivity index (χ4n) is 7.72. The smallest absolute Gasteiger partial charge is 0.0162 e. The Kier molecular flexibility index (Phi) is 12.3. The van der Waals surface area contributed by atoms with Gasteiger partial charge in [-0.1, -0.05) is 127 Å². The number of unbranched alkanes of at least 4 members (excludes halogenated alkanes) is 4. The molecule has 0 heterocycles. The van der Waals surface area contributed by atoms with E-state index in [-0.39, 0.29) is 0 Å². The van der Waals surface area contributed by atoms with E-state index in [9.17, 15) is 0 Å². The zero-order valence-corrected chi connectivity index (χ0v) is 25.2. The third-order valence-electron chi connectivity index (χ3n) is 10.5. The van der Waals surface area contributed by atoms with Crippen LogP contribution in [-0.4, -0.2) is 0 Å². The first-order valence-electron chi connectivity index (χ1n) is 16.9. The second-order valence-electron chi connectivity index (χ2n) is 13.2. The van der Waals surface area contributed by atoms with Gasteiger partial charge in [-0.05, 0) is 110 Å². The summed E-state index contributed by atoms with van der Waals surface area (Å²) in [7, 11) is 0. The molecule has 0 amide bonds. The third kappa shape index (κ3) is 8.72. The highest BCUT2D eigenvalue weighted by molar-refractivity contribution is 5.64. The van der Waals surface area contributed by atoms with Crippen molar-refractivity contribution in [2.24, 2.45) is 17.8 Å². The van der Waals surface area contributed by atoms with Crippen LogP contribution in [0.2, 0.25) is 0 Å². The van der Waals surface area contributed by atoms with Crippen molar-refractivity contribution in [1.82, 2.24) is 0 Å². The first kappa shape index (κ1) is 29.4. The van der Waals surface area contributed by atoms with Crippen LogP contribution in [0.3, 0.4) is 0 Å². The maximum atomic E-state index is 2.44. The van der Waals surface area contributed by atoms with E-state index >= 15 is 0 Å². The summed E-state index contributed by atoms with van der Waals surface area (Å²) in [4.78, 5) is 0. The third-order valence-corrected chi connectivity index (χ3v) is 10.5. The summed E-state index contributed by atoms with van der Waals surface area (Å²) in [5.41, 5.74) is 5.91. The number of hydrogen-bond donors (Lipinski definition) is 0. The van der Waals surface area contributed by atoms with E-state index in [0.29, 0.717) is 0 Å². The molecular formula is C38H58. The van der Waals surface area contributed by atoms with Crippen molar-refractivity contribution < 1.29 is 0 Å². The molecular weight excluding hydrogens is 456 g/mol. The molecule has 210 valence electrons. The molecule has 0 aliphatic heterocycles. The molecule has 0 spiro atoms. The SMILES string of the molecule is CCCCCCC1CCC(c2ccc(-c3ccc(C4CCC(CC(CC)CCCC)CC4)cc3)cc2)CC1. The molecule has 2 aromatic carbocycles. The van der Waals surface area contributed by atoms with Crippen LogP contribution in [0.5, 0.6) is 0 Å². The zero-order chi connectivity index (χ0) is 26.6. The number of rotatable bonds is 14. The van der Waals surface area contributed by atoms with E-state index in [1.807, 2.05) is 0 Å². The zero-order valence-electron chi connectivity index (χ0n) is 25.2. The minimum absolute atomic E-state index is 0.778. The van der Waals surface area contributed by atoms with Crippen LogP contribution >= 0.6 is 0 Å². The van der Waals surface area contributed by atoms with E-state index < -0.39 is 0 Å². The Balaban J connectivity index is 1.22. The molecule has 0 bridgehead atoms. The number of benzene rings is 2. The van der Waals surface area contributed by atoms with Crippen LogP contribution in [0.1, 0.15) is 159 Å². The molecule has 2 aliphatic carbocycles. The van der Waals surface area contributed by atoms with E-state index in [1.165, 1.54) is 127 Å². The van der Waals surface area contributed by atoms with Gasteiger partial charge in [0.05, 0.1) is 0 Å². The molecule has 2 aromatic rings. The van der Waals surface area contributed by atoms with E-state index in [4.69, 9.17) is 0 Å².